The van der Waals surface area contributed by atoms with Crippen LogP contribution >= 0.6 is 0 Å². The molecule has 0 saturated carbocycles. The summed E-state index contributed by atoms with van der Waals surface area (Å²) in [5.74, 6) is -0.191. The molecular weight excluding hydrogens is 368 g/mol. The largest absolute Gasteiger partial charge is 0.352 e. The molecule has 0 radical (unpaired) electrons. The van der Waals surface area contributed by atoms with Crippen LogP contribution in [-0.2, 0) is 9.59 Å². The Balaban J connectivity index is 1.53. The third-order valence-electron chi connectivity index (χ3n) is 5.16. The number of carbonyl (C=O) groups excluding carboxylic acids is 3. The SMILES string of the molecule is NC(=O)N[C@H](CC(=O)N1CCC(C(=O)Nc2ccccc2)CC1)c1ccccc1. The molecule has 1 heterocycles. The van der Waals surface area contributed by atoms with Gasteiger partial charge in [-0.2, -0.15) is 0 Å². The third-order valence-corrected chi connectivity index (χ3v) is 5.16. The van der Waals surface area contributed by atoms with Gasteiger partial charge in [-0.05, 0) is 30.5 Å². The second-order valence-electron chi connectivity index (χ2n) is 7.19. The number of rotatable bonds is 6. The number of anilines is 1. The molecule has 0 unspecified atom stereocenters. The monoisotopic (exact) mass is 394 g/mol. The smallest absolute Gasteiger partial charge is 0.312 e. The van der Waals surface area contributed by atoms with E-state index in [0.29, 0.717) is 25.9 Å². The highest BCUT2D eigenvalue weighted by atomic mass is 16.2. The van der Waals surface area contributed by atoms with Crippen molar-refractivity contribution in [2.24, 2.45) is 11.7 Å². The zero-order valence-corrected chi connectivity index (χ0v) is 16.2. The van der Waals surface area contributed by atoms with Crippen LogP contribution in [0.1, 0.15) is 30.9 Å². The molecule has 4 amide bonds. The van der Waals surface area contributed by atoms with Crippen LogP contribution in [0.4, 0.5) is 10.5 Å². The number of nitrogens with zero attached hydrogens (tertiary/aromatic N) is 1. The number of para-hydroxylation sites is 1. The Bertz CT molecular complexity index is 834. The maximum atomic E-state index is 12.8. The van der Waals surface area contributed by atoms with Crippen molar-refractivity contribution in [3.8, 4) is 0 Å². The van der Waals surface area contributed by atoms with Crippen LogP contribution in [0.15, 0.2) is 60.7 Å². The van der Waals surface area contributed by atoms with Gasteiger partial charge in [0.25, 0.3) is 0 Å². The summed E-state index contributed by atoms with van der Waals surface area (Å²) < 4.78 is 0. The fourth-order valence-electron chi connectivity index (χ4n) is 3.57. The summed E-state index contributed by atoms with van der Waals surface area (Å²) in [7, 11) is 0. The number of benzene rings is 2. The first-order valence-corrected chi connectivity index (χ1v) is 9.77. The number of hydrogen-bond donors (Lipinski definition) is 3. The Morgan fingerprint density at radius 3 is 2.14 bits per heavy atom. The summed E-state index contributed by atoms with van der Waals surface area (Å²) in [6.07, 6.45) is 1.36. The lowest BCUT2D eigenvalue weighted by molar-refractivity contribution is -0.135. The predicted octanol–water partition coefficient (Wildman–Crippen LogP) is 2.66. The van der Waals surface area contributed by atoms with Crippen LogP contribution in [-0.4, -0.2) is 35.8 Å². The molecule has 4 N–H and O–H groups in total. The minimum absolute atomic E-state index is 0.0131. The lowest BCUT2D eigenvalue weighted by atomic mass is 9.95. The highest BCUT2D eigenvalue weighted by molar-refractivity contribution is 5.92. The van der Waals surface area contributed by atoms with Crippen molar-refractivity contribution in [1.29, 1.82) is 0 Å². The molecule has 0 aliphatic carbocycles. The van der Waals surface area contributed by atoms with E-state index < -0.39 is 12.1 Å². The molecule has 0 spiro atoms. The molecule has 7 heteroatoms. The normalized spacial score (nSPS) is 15.4. The van der Waals surface area contributed by atoms with Gasteiger partial charge >= 0.3 is 6.03 Å². The Hall–Kier alpha value is -3.35. The first-order chi connectivity index (χ1) is 14.0. The summed E-state index contributed by atoms with van der Waals surface area (Å²) in [6.45, 7) is 1.04. The topological polar surface area (TPSA) is 105 Å². The minimum Gasteiger partial charge on any atom is -0.352 e. The van der Waals surface area contributed by atoms with Crippen LogP contribution in [0.3, 0.4) is 0 Å². The first-order valence-electron chi connectivity index (χ1n) is 9.77. The lowest BCUT2D eigenvalue weighted by Gasteiger charge is -2.32. The van der Waals surface area contributed by atoms with Crippen molar-refractivity contribution in [1.82, 2.24) is 10.2 Å². The number of nitrogens with two attached hydrogens (primary N) is 1. The maximum absolute atomic E-state index is 12.8. The number of hydrogen-bond acceptors (Lipinski definition) is 3. The second kappa shape index (κ2) is 9.73. The molecule has 1 aliphatic rings. The van der Waals surface area contributed by atoms with Crippen LogP contribution in [0.5, 0.6) is 0 Å². The summed E-state index contributed by atoms with van der Waals surface area (Å²) in [4.78, 5) is 38.3. The van der Waals surface area contributed by atoms with E-state index in [9.17, 15) is 14.4 Å². The van der Waals surface area contributed by atoms with E-state index in [1.165, 1.54) is 0 Å². The molecule has 29 heavy (non-hydrogen) atoms. The van der Waals surface area contributed by atoms with E-state index in [4.69, 9.17) is 5.73 Å². The van der Waals surface area contributed by atoms with Crippen molar-refractivity contribution >= 4 is 23.5 Å². The number of likely N-dealkylation sites (tertiary alicyclic amines) is 1. The lowest BCUT2D eigenvalue weighted by Crippen LogP contribution is -2.43. The van der Waals surface area contributed by atoms with Gasteiger partial charge in [0.05, 0.1) is 12.5 Å². The zero-order valence-electron chi connectivity index (χ0n) is 16.2. The fourth-order valence-corrected chi connectivity index (χ4v) is 3.57. The summed E-state index contributed by atoms with van der Waals surface area (Å²) in [5.41, 5.74) is 6.89. The van der Waals surface area contributed by atoms with Crippen molar-refractivity contribution in [2.45, 2.75) is 25.3 Å². The van der Waals surface area contributed by atoms with Gasteiger partial charge in [-0.25, -0.2) is 4.79 Å². The van der Waals surface area contributed by atoms with Gasteiger partial charge < -0.3 is 21.3 Å². The number of piperidine rings is 1. The standard InChI is InChI=1S/C22H26N4O3/c23-22(29)25-19(16-7-3-1-4-8-16)15-20(27)26-13-11-17(12-14-26)21(28)24-18-9-5-2-6-10-18/h1-10,17,19H,11-15H2,(H,24,28)(H3,23,25,29)/t19-/m1/s1. The zero-order chi connectivity index (χ0) is 20.6. The number of nitrogens with one attached hydrogen (secondary N) is 2. The van der Waals surface area contributed by atoms with E-state index in [2.05, 4.69) is 10.6 Å². The molecule has 3 rings (SSSR count). The quantitative estimate of drug-likeness (QED) is 0.701. The fraction of sp³-hybridized carbons (Fsp3) is 0.318. The van der Waals surface area contributed by atoms with Gasteiger partial charge in [0.1, 0.15) is 0 Å². The molecule has 1 saturated heterocycles. The molecule has 1 fully saturated rings. The average Bonchev–Trinajstić information content (AvgIpc) is 2.74. The number of urea groups is 1. The Morgan fingerprint density at radius 2 is 1.55 bits per heavy atom. The van der Waals surface area contributed by atoms with Gasteiger partial charge in [0.2, 0.25) is 11.8 Å². The summed E-state index contributed by atoms with van der Waals surface area (Å²) >= 11 is 0. The molecule has 2 aromatic rings. The van der Waals surface area contributed by atoms with E-state index in [1.54, 1.807) is 4.90 Å². The highest BCUT2D eigenvalue weighted by Gasteiger charge is 2.29. The molecule has 7 nitrogen and oxygen atoms in total. The van der Waals surface area contributed by atoms with Crippen LogP contribution in [0.2, 0.25) is 0 Å². The molecule has 0 bridgehead atoms. The van der Waals surface area contributed by atoms with Crippen molar-refractivity contribution < 1.29 is 14.4 Å². The van der Waals surface area contributed by atoms with Crippen LogP contribution < -0.4 is 16.4 Å². The van der Waals surface area contributed by atoms with E-state index >= 15 is 0 Å². The van der Waals surface area contributed by atoms with Gasteiger partial charge in [-0.1, -0.05) is 48.5 Å². The van der Waals surface area contributed by atoms with E-state index in [0.717, 1.165) is 11.3 Å². The maximum Gasteiger partial charge on any atom is 0.312 e. The average molecular weight is 394 g/mol. The summed E-state index contributed by atoms with van der Waals surface area (Å²) in [5, 5.41) is 5.57. The molecule has 1 aliphatic heterocycles. The van der Waals surface area contributed by atoms with Gasteiger partial charge in [-0.15, -0.1) is 0 Å². The summed E-state index contributed by atoms with van der Waals surface area (Å²) in [6, 6.07) is 17.5. The van der Waals surface area contributed by atoms with Crippen molar-refractivity contribution in [3.63, 3.8) is 0 Å². The molecule has 152 valence electrons. The molecule has 0 aromatic heterocycles. The molecular formula is C22H26N4O3. The van der Waals surface area contributed by atoms with Crippen molar-refractivity contribution in [2.75, 3.05) is 18.4 Å². The Labute approximate surface area is 170 Å². The first kappa shape index (κ1) is 20.4. The Morgan fingerprint density at radius 1 is 0.966 bits per heavy atom. The second-order valence-corrected chi connectivity index (χ2v) is 7.19. The number of primary amides is 1. The highest BCUT2D eigenvalue weighted by Crippen LogP contribution is 2.23. The number of carbonyl (C=O) groups is 3. The van der Waals surface area contributed by atoms with Crippen molar-refractivity contribution in [3.05, 3.63) is 66.2 Å². The van der Waals surface area contributed by atoms with Gasteiger partial charge in [0, 0.05) is 24.7 Å². The predicted molar refractivity (Wildman–Crippen MR) is 111 cm³/mol. The molecule has 2 aromatic carbocycles. The van der Waals surface area contributed by atoms with Gasteiger partial charge in [-0.3, -0.25) is 9.59 Å². The van der Waals surface area contributed by atoms with Gasteiger partial charge in [0.15, 0.2) is 0 Å². The third kappa shape index (κ3) is 5.81. The molecule has 1 atom stereocenters. The van der Waals surface area contributed by atoms with Crippen LogP contribution in [0.25, 0.3) is 0 Å². The van der Waals surface area contributed by atoms with E-state index in [1.807, 2.05) is 60.7 Å². The van der Waals surface area contributed by atoms with E-state index in [-0.39, 0.29) is 24.2 Å². The number of amides is 4. The minimum atomic E-state index is -0.664. The van der Waals surface area contributed by atoms with Crippen LogP contribution in [0, 0.1) is 5.92 Å². The Kier molecular flexibility index (Phi) is 6.84.